The van der Waals surface area contributed by atoms with E-state index in [9.17, 15) is 9.50 Å². The van der Waals surface area contributed by atoms with Crippen molar-refractivity contribution < 1.29 is 14.2 Å². The standard InChI is InChI=1S/C16H24FNO2/c1-5-13-9-20-11(3)8-18(13)16-6-10(2)15(17)7-14(16)12(4)19/h6-7,11-13,19H,5,8-9H2,1-4H3/t11?,12-,13?/m0/s1. The van der Waals surface area contributed by atoms with Crippen molar-refractivity contribution in [3.8, 4) is 0 Å². The van der Waals surface area contributed by atoms with E-state index in [1.54, 1.807) is 13.8 Å². The SMILES string of the molecule is CCC1COC(C)CN1c1cc(C)c(F)cc1[C@H](C)O. The van der Waals surface area contributed by atoms with Crippen LogP contribution in [0.3, 0.4) is 0 Å². The fraction of sp³-hybridized carbons (Fsp3) is 0.625. The highest BCUT2D eigenvalue weighted by atomic mass is 19.1. The second-order valence-electron chi connectivity index (χ2n) is 5.69. The van der Waals surface area contributed by atoms with E-state index in [-0.39, 0.29) is 18.0 Å². The van der Waals surface area contributed by atoms with Crippen LogP contribution in [0, 0.1) is 12.7 Å². The van der Waals surface area contributed by atoms with Crippen LogP contribution in [0.2, 0.25) is 0 Å². The first-order valence-electron chi connectivity index (χ1n) is 7.30. The van der Waals surface area contributed by atoms with Crippen molar-refractivity contribution in [2.24, 2.45) is 0 Å². The molecule has 2 unspecified atom stereocenters. The molecule has 0 bridgehead atoms. The van der Waals surface area contributed by atoms with Gasteiger partial charge in [0.15, 0.2) is 0 Å². The van der Waals surface area contributed by atoms with Crippen LogP contribution < -0.4 is 4.90 Å². The Labute approximate surface area is 120 Å². The van der Waals surface area contributed by atoms with Crippen LogP contribution in [-0.2, 0) is 4.74 Å². The third-order valence-corrected chi connectivity index (χ3v) is 4.01. The summed E-state index contributed by atoms with van der Waals surface area (Å²) in [7, 11) is 0. The van der Waals surface area contributed by atoms with Crippen molar-refractivity contribution in [1.82, 2.24) is 0 Å². The molecular weight excluding hydrogens is 257 g/mol. The molecule has 112 valence electrons. The van der Waals surface area contributed by atoms with Gasteiger partial charge in [0.05, 0.1) is 24.9 Å². The Morgan fingerprint density at radius 1 is 1.50 bits per heavy atom. The van der Waals surface area contributed by atoms with Gasteiger partial charge in [-0.2, -0.15) is 0 Å². The van der Waals surface area contributed by atoms with Crippen LogP contribution in [-0.4, -0.2) is 30.4 Å². The first-order chi connectivity index (χ1) is 9.43. The van der Waals surface area contributed by atoms with Gasteiger partial charge in [-0.15, -0.1) is 0 Å². The molecule has 1 aliphatic heterocycles. The van der Waals surface area contributed by atoms with Gasteiger partial charge in [0, 0.05) is 17.8 Å². The zero-order valence-electron chi connectivity index (χ0n) is 12.7. The Balaban J connectivity index is 2.45. The lowest BCUT2D eigenvalue weighted by molar-refractivity contribution is 0.0297. The largest absolute Gasteiger partial charge is 0.389 e. The monoisotopic (exact) mass is 281 g/mol. The van der Waals surface area contributed by atoms with Crippen LogP contribution >= 0.6 is 0 Å². The van der Waals surface area contributed by atoms with Crippen molar-refractivity contribution in [3.63, 3.8) is 0 Å². The maximum absolute atomic E-state index is 13.8. The summed E-state index contributed by atoms with van der Waals surface area (Å²) in [5.74, 6) is -0.265. The minimum atomic E-state index is -0.684. The van der Waals surface area contributed by atoms with Gasteiger partial charge in [0.2, 0.25) is 0 Å². The number of rotatable bonds is 3. The van der Waals surface area contributed by atoms with E-state index in [2.05, 4.69) is 11.8 Å². The number of nitrogens with zero attached hydrogens (tertiary/aromatic N) is 1. The molecule has 1 fully saturated rings. The summed E-state index contributed by atoms with van der Waals surface area (Å²) in [5, 5.41) is 9.95. The van der Waals surface area contributed by atoms with Gasteiger partial charge in [-0.25, -0.2) is 4.39 Å². The minimum absolute atomic E-state index is 0.144. The van der Waals surface area contributed by atoms with Crippen molar-refractivity contribution in [3.05, 3.63) is 29.1 Å². The Kier molecular flexibility index (Phi) is 4.66. The third-order valence-electron chi connectivity index (χ3n) is 4.01. The molecule has 0 saturated carbocycles. The molecule has 0 spiro atoms. The lowest BCUT2D eigenvalue weighted by Gasteiger charge is -2.41. The number of benzene rings is 1. The summed E-state index contributed by atoms with van der Waals surface area (Å²) < 4.78 is 19.5. The minimum Gasteiger partial charge on any atom is -0.389 e. The molecule has 1 N–H and O–H groups in total. The van der Waals surface area contributed by atoms with Gasteiger partial charge in [0.25, 0.3) is 0 Å². The number of anilines is 1. The maximum atomic E-state index is 13.8. The first kappa shape index (κ1) is 15.3. The zero-order chi connectivity index (χ0) is 14.9. The number of hydrogen-bond donors (Lipinski definition) is 1. The molecule has 0 radical (unpaired) electrons. The summed E-state index contributed by atoms with van der Waals surface area (Å²) in [6, 6.07) is 3.58. The summed E-state index contributed by atoms with van der Waals surface area (Å²) >= 11 is 0. The van der Waals surface area contributed by atoms with Crippen LogP contribution in [0.25, 0.3) is 0 Å². The van der Waals surface area contributed by atoms with E-state index in [1.165, 1.54) is 6.07 Å². The Morgan fingerprint density at radius 2 is 2.20 bits per heavy atom. The highest BCUT2D eigenvalue weighted by Crippen LogP contribution is 2.32. The van der Waals surface area contributed by atoms with Gasteiger partial charge < -0.3 is 14.7 Å². The normalized spacial score (nSPS) is 24.8. The number of morpholine rings is 1. The zero-order valence-corrected chi connectivity index (χ0v) is 12.7. The van der Waals surface area contributed by atoms with Gasteiger partial charge in [-0.1, -0.05) is 6.92 Å². The van der Waals surface area contributed by atoms with Crippen molar-refractivity contribution in [2.75, 3.05) is 18.1 Å². The van der Waals surface area contributed by atoms with E-state index in [1.807, 2.05) is 13.0 Å². The van der Waals surface area contributed by atoms with Gasteiger partial charge in [-0.3, -0.25) is 0 Å². The smallest absolute Gasteiger partial charge is 0.126 e. The predicted octanol–water partition coefficient (Wildman–Crippen LogP) is 3.19. The number of aliphatic hydroxyl groups excluding tert-OH is 1. The fourth-order valence-electron chi connectivity index (χ4n) is 2.74. The Bertz CT molecular complexity index is 476. The highest BCUT2D eigenvalue weighted by Gasteiger charge is 2.28. The Morgan fingerprint density at radius 3 is 2.80 bits per heavy atom. The Hall–Kier alpha value is -1.13. The molecular formula is C16H24FNO2. The molecule has 0 aromatic heterocycles. The molecule has 2 rings (SSSR count). The predicted molar refractivity (Wildman–Crippen MR) is 78.6 cm³/mol. The van der Waals surface area contributed by atoms with E-state index < -0.39 is 6.10 Å². The average Bonchev–Trinajstić information content (AvgIpc) is 2.41. The molecule has 1 aliphatic rings. The summed E-state index contributed by atoms with van der Waals surface area (Å²) in [6.07, 6.45) is 0.420. The first-order valence-corrected chi connectivity index (χ1v) is 7.30. The van der Waals surface area contributed by atoms with Gasteiger partial charge in [-0.05, 0) is 44.9 Å². The molecule has 20 heavy (non-hydrogen) atoms. The van der Waals surface area contributed by atoms with E-state index in [0.29, 0.717) is 17.7 Å². The molecule has 3 atom stereocenters. The number of aryl methyl sites for hydroxylation is 1. The lowest BCUT2D eigenvalue weighted by Crippen LogP contribution is -2.49. The molecule has 0 aliphatic carbocycles. The van der Waals surface area contributed by atoms with Crippen molar-refractivity contribution in [1.29, 1.82) is 0 Å². The lowest BCUT2D eigenvalue weighted by atomic mass is 10.0. The molecule has 0 amide bonds. The van der Waals surface area contributed by atoms with E-state index in [4.69, 9.17) is 4.74 Å². The van der Waals surface area contributed by atoms with E-state index >= 15 is 0 Å². The molecule has 1 saturated heterocycles. The number of halogens is 1. The van der Waals surface area contributed by atoms with Crippen LogP contribution in [0.4, 0.5) is 10.1 Å². The number of aliphatic hydroxyl groups is 1. The summed E-state index contributed by atoms with van der Waals surface area (Å²) in [5.41, 5.74) is 2.19. The number of hydrogen-bond acceptors (Lipinski definition) is 3. The second-order valence-corrected chi connectivity index (χ2v) is 5.69. The van der Waals surface area contributed by atoms with E-state index in [0.717, 1.165) is 18.7 Å². The number of ether oxygens (including phenoxy) is 1. The second kappa shape index (κ2) is 6.10. The van der Waals surface area contributed by atoms with Gasteiger partial charge >= 0.3 is 0 Å². The van der Waals surface area contributed by atoms with Gasteiger partial charge in [0.1, 0.15) is 5.82 Å². The average molecular weight is 281 g/mol. The topological polar surface area (TPSA) is 32.7 Å². The summed E-state index contributed by atoms with van der Waals surface area (Å²) in [4.78, 5) is 2.25. The van der Waals surface area contributed by atoms with Crippen molar-refractivity contribution >= 4 is 5.69 Å². The van der Waals surface area contributed by atoms with Crippen LogP contribution in [0.5, 0.6) is 0 Å². The van der Waals surface area contributed by atoms with Crippen LogP contribution in [0.1, 0.15) is 44.4 Å². The van der Waals surface area contributed by atoms with Crippen molar-refractivity contribution in [2.45, 2.75) is 52.4 Å². The quantitative estimate of drug-likeness (QED) is 0.923. The molecule has 3 nitrogen and oxygen atoms in total. The third kappa shape index (κ3) is 2.96. The maximum Gasteiger partial charge on any atom is 0.126 e. The summed E-state index contributed by atoms with van der Waals surface area (Å²) in [6.45, 7) is 9.04. The highest BCUT2D eigenvalue weighted by molar-refractivity contribution is 5.58. The molecule has 1 aromatic carbocycles. The van der Waals surface area contributed by atoms with Crippen LogP contribution in [0.15, 0.2) is 12.1 Å². The molecule has 1 heterocycles. The fourth-order valence-corrected chi connectivity index (χ4v) is 2.74. The molecule has 4 heteroatoms. The molecule has 1 aromatic rings.